The van der Waals surface area contributed by atoms with E-state index in [1.165, 1.54) is 4.68 Å². The number of nitrogens with zero attached hydrogens (tertiary/aromatic N) is 3. The van der Waals surface area contributed by atoms with Crippen molar-refractivity contribution < 1.29 is 0 Å². The van der Waals surface area contributed by atoms with Crippen LogP contribution >= 0.6 is 11.6 Å². The summed E-state index contributed by atoms with van der Waals surface area (Å²) >= 11 is 5.87. The number of nitrogen functional groups attached to an aromatic ring is 1. The number of hydrogen-bond acceptors (Lipinski definition) is 3. The fourth-order valence-electron chi connectivity index (χ4n) is 2.42. The van der Waals surface area contributed by atoms with Gasteiger partial charge >= 0.3 is 5.69 Å². The van der Waals surface area contributed by atoms with Gasteiger partial charge in [-0.15, -0.1) is 0 Å². The van der Waals surface area contributed by atoms with Gasteiger partial charge in [-0.05, 0) is 30.5 Å². The van der Waals surface area contributed by atoms with Crippen LogP contribution in [0.25, 0.3) is 0 Å². The molecule has 0 spiro atoms. The van der Waals surface area contributed by atoms with Crippen LogP contribution in [0.2, 0.25) is 5.02 Å². The van der Waals surface area contributed by atoms with Crippen LogP contribution in [0.4, 0.5) is 5.69 Å². The summed E-state index contributed by atoms with van der Waals surface area (Å²) in [6.45, 7) is 1.16. The Hall–Kier alpha value is -1.75. The average molecular weight is 279 g/mol. The van der Waals surface area contributed by atoms with Crippen molar-refractivity contribution in [1.29, 1.82) is 0 Å². The van der Waals surface area contributed by atoms with Crippen LogP contribution in [0.3, 0.4) is 0 Å². The Balaban J connectivity index is 1.95. The van der Waals surface area contributed by atoms with Gasteiger partial charge in [0.15, 0.2) is 0 Å². The highest BCUT2D eigenvalue weighted by Crippen LogP contribution is 2.18. The van der Waals surface area contributed by atoms with E-state index in [1.54, 1.807) is 16.7 Å². The summed E-state index contributed by atoms with van der Waals surface area (Å²) in [5.74, 6) is 0.879. The van der Waals surface area contributed by atoms with Gasteiger partial charge in [0.2, 0.25) is 0 Å². The molecule has 5 nitrogen and oxygen atoms in total. The van der Waals surface area contributed by atoms with Crippen LogP contribution in [0.15, 0.2) is 23.0 Å². The number of anilines is 1. The summed E-state index contributed by atoms with van der Waals surface area (Å²) in [4.78, 5) is 12.2. The standard InChI is InChI=1S/C13H15ClN4O/c14-10-5-4-9(11(15)7-10)8-18-13(19)17-6-2-1-3-12(17)16-18/h4-5,7H,1-3,6,8,15H2. The smallest absolute Gasteiger partial charge is 0.346 e. The van der Waals surface area contributed by atoms with E-state index in [1.807, 2.05) is 6.07 Å². The minimum atomic E-state index is -0.0518. The molecule has 0 bridgehead atoms. The zero-order chi connectivity index (χ0) is 13.4. The number of aromatic nitrogens is 3. The Labute approximate surface area is 115 Å². The maximum atomic E-state index is 12.2. The number of benzene rings is 1. The number of rotatable bonds is 2. The van der Waals surface area contributed by atoms with Crippen molar-refractivity contribution in [2.45, 2.75) is 32.4 Å². The molecule has 19 heavy (non-hydrogen) atoms. The van der Waals surface area contributed by atoms with Crippen LogP contribution in [0.5, 0.6) is 0 Å². The van der Waals surface area contributed by atoms with E-state index >= 15 is 0 Å². The first kappa shape index (κ1) is 12.3. The molecule has 1 aromatic heterocycles. The molecule has 0 atom stereocenters. The summed E-state index contributed by atoms with van der Waals surface area (Å²) in [5.41, 5.74) is 7.31. The molecule has 2 heterocycles. The Bertz CT molecular complexity index is 674. The predicted octanol–water partition coefficient (Wildman–Crippen LogP) is 1.67. The van der Waals surface area contributed by atoms with E-state index in [4.69, 9.17) is 17.3 Å². The fourth-order valence-corrected chi connectivity index (χ4v) is 2.60. The quantitative estimate of drug-likeness (QED) is 0.850. The highest BCUT2D eigenvalue weighted by molar-refractivity contribution is 6.30. The summed E-state index contributed by atoms with van der Waals surface area (Å²) in [6.07, 6.45) is 3.01. The summed E-state index contributed by atoms with van der Waals surface area (Å²) in [5, 5.41) is 4.98. The predicted molar refractivity (Wildman–Crippen MR) is 74.4 cm³/mol. The molecule has 1 aliphatic rings. The number of nitrogens with two attached hydrogens (primary N) is 1. The number of hydrogen-bond donors (Lipinski definition) is 1. The SMILES string of the molecule is Nc1cc(Cl)ccc1Cn1nc2n(c1=O)CCCC2. The highest BCUT2D eigenvalue weighted by Gasteiger charge is 2.17. The second-order valence-electron chi connectivity index (χ2n) is 4.81. The van der Waals surface area contributed by atoms with Gasteiger partial charge in [0.05, 0.1) is 6.54 Å². The van der Waals surface area contributed by atoms with Crippen molar-refractivity contribution in [2.24, 2.45) is 0 Å². The van der Waals surface area contributed by atoms with Gasteiger partial charge in [-0.3, -0.25) is 4.57 Å². The minimum absolute atomic E-state index is 0.0518. The second-order valence-corrected chi connectivity index (χ2v) is 5.24. The molecule has 1 aromatic carbocycles. The van der Waals surface area contributed by atoms with Crippen LogP contribution < -0.4 is 11.4 Å². The Morgan fingerprint density at radius 2 is 2.21 bits per heavy atom. The third-order valence-electron chi connectivity index (χ3n) is 3.46. The Morgan fingerprint density at radius 3 is 2.95 bits per heavy atom. The molecular weight excluding hydrogens is 264 g/mol. The van der Waals surface area contributed by atoms with Crippen molar-refractivity contribution in [3.63, 3.8) is 0 Å². The largest absolute Gasteiger partial charge is 0.398 e. The summed E-state index contributed by atoms with van der Waals surface area (Å²) in [7, 11) is 0. The van der Waals surface area contributed by atoms with Gasteiger partial charge in [0.25, 0.3) is 0 Å². The maximum Gasteiger partial charge on any atom is 0.346 e. The van der Waals surface area contributed by atoms with Crippen LogP contribution in [-0.4, -0.2) is 14.3 Å². The molecule has 0 unspecified atom stereocenters. The molecule has 0 radical (unpaired) electrons. The molecule has 2 N–H and O–H groups in total. The average Bonchev–Trinajstić information content (AvgIpc) is 2.70. The third kappa shape index (κ3) is 2.26. The minimum Gasteiger partial charge on any atom is -0.398 e. The van der Waals surface area contributed by atoms with Gasteiger partial charge in [-0.25, -0.2) is 9.48 Å². The first-order chi connectivity index (χ1) is 9.15. The molecule has 6 heteroatoms. The Morgan fingerprint density at radius 1 is 1.37 bits per heavy atom. The molecule has 0 fully saturated rings. The van der Waals surface area contributed by atoms with Gasteiger partial charge in [-0.1, -0.05) is 17.7 Å². The molecule has 3 rings (SSSR count). The van der Waals surface area contributed by atoms with Crippen molar-refractivity contribution in [3.8, 4) is 0 Å². The lowest BCUT2D eigenvalue weighted by molar-refractivity contribution is 0.511. The van der Waals surface area contributed by atoms with E-state index in [0.717, 1.165) is 37.2 Å². The van der Waals surface area contributed by atoms with Crippen molar-refractivity contribution >= 4 is 17.3 Å². The van der Waals surface area contributed by atoms with E-state index in [-0.39, 0.29) is 5.69 Å². The lowest BCUT2D eigenvalue weighted by Crippen LogP contribution is -2.27. The normalized spacial score (nSPS) is 14.4. The molecule has 0 aliphatic carbocycles. The second kappa shape index (κ2) is 4.74. The van der Waals surface area contributed by atoms with E-state index < -0.39 is 0 Å². The topological polar surface area (TPSA) is 65.8 Å². The van der Waals surface area contributed by atoms with Crippen molar-refractivity contribution in [1.82, 2.24) is 14.3 Å². The molecular formula is C13H15ClN4O. The zero-order valence-electron chi connectivity index (χ0n) is 10.5. The van der Waals surface area contributed by atoms with Gasteiger partial charge in [0.1, 0.15) is 5.82 Å². The van der Waals surface area contributed by atoms with Crippen LogP contribution in [0, 0.1) is 0 Å². The molecule has 100 valence electrons. The van der Waals surface area contributed by atoms with Gasteiger partial charge < -0.3 is 5.73 Å². The summed E-state index contributed by atoms with van der Waals surface area (Å²) in [6, 6.07) is 5.30. The first-order valence-corrected chi connectivity index (χ1v) is 6.73. The lowest BCUT2D eigenvalue weighted by Gasteiger charge is -2.09. The third-order valence-corrected chi connectivity index (χ3v) is 3.69. The van der Waals surface area contributed by atoms with Crippen molar-refractivity contribution in [3.05, 3.63) is 45.1 Å². The highest BCUT2D eigenvalue weighted by atomic mass is 35.5. The molecule has 0 saturated carbocycles. The zero-order valence-corrected chi connectivity index (χ0v) is 11.2. The van der Waals surface area contributed by atoms with E-state index in [0.29, 0.717) is 17.3 Å². The van der Waals surface area contributed by atoms with E-state index in [2.05, 4.69) is 5.10 Å². The monoisotopic (exact) mass is 278 g/mol. The summed E-state index contributed by atoms with van der Waals surface area (Å²) < 4.78 is 3.25. The lowest BCUT2D eigenvalue weighted by atomic mass is 10.2. The molecule has 0 saturated heterocycles. The van der Waals surface area contributed by atoms with Crippen molar-refractivity contribution in [2.75, 3.05) is 5.73 Å². The number of aryl methyl sites for hydroxylation is 1. The number of halogens is 1. The maximum absolute atomic E-state index is 12.2. The molecule has 1 aliphatic heterocycles. The fraction of sp³-hybridized carbons (Fsp3) is 0.385. The van der Waals surface area contributed by atoms with Gasteiger partial charge in [-0.2, -0.15) is 5.10 Å². The van der Waals surface area contributed by atoms with Crippen LogP contribution in [0.1, 0.15) is 24.2 Å². The number of fused-ring (bicyclic) bond motifs is 1. The first-order valence-electron chi connectivity index (χ1n) is 6.35. The molecule has 2 aromatic rings. The van der Waals surface area contributed by atoms with E-state index in [9.17, 15) is 4.79 Å². The van der Waals surface area contributed by atoms with Gasteiger partial charge in [0, 0.05) is 23.7 Å². The van der Waals surface area contributed by atoms with Crippen LogP contribution in [-0.2, 0) is 19.5 Å². The molecule has 0 amide bonds. The Kier molecular flexibility index (Phi) is 3.06.